The lowest BCUT2D eigenvalue weighted by Gasteiger charge is -2.23. The van der Waals surface area contributed by atoms with Crippen LogP contribution < -0.4 is 5.32 Å². The van der Waals surface area contributed by atoms with E-state index in [1.54, 1.807) is 0 Å². The van der Waals surface area contributed by atoms with Crippen LogP contribution in [0.5, 0.6) is 0 Å². The van der Waals surface area contributed by atoms with Crippen LogP contribution in [-0.2, 0) is 18.3 Å². The molecule has 0 fully saturated rings. The summed E-state index contributed by atoms with van der Waals surface area (Å²) < 4.78 is 2.19. The van der Waals surface area contributed by atoms with Gasteiger partial charge in [0.2, 0.25) is 5.91 Å². The molecule has 1 aromatic carbocycles. The summed E-state index contributed by atoms with van der Waals surface area (Å²) in [5.74, 6) is -0.251. The maximum Gasteiger partial charge on any atom is 0.228 e. The van der Waals surface area contributed by atoms with E-state index in [0.717, 1.165) is 19.3 Å². The molecule has 5 nitrogen and oxygen atoms in total. The van der Waals surface area contributed by atoms with Crippen LogP contribution in [0.25, 0.3) is 16.5 Å². The Morgan fingerprint density at radius 1 is 1.37 bits per heavy atom. The van der Waals surface area contributed by atoms with Crippen LogP contribution in [0.3, 0.4) is 0 Å². The molecule has 3 rings (SSSR count). The largest absolute Gasteiger partial charge is 0.394 e. The lowest BCUT2D eigenvalue weighted by atomic mass is 9.86. The number of aliphatic hydroxyl groups is 1. The van der Waals surface area contributed by atoms with E-state index in [1.807, 2.05) is 25.9 Å². The molecule has 0 bridgehead atoms. The zero-order valence-electron chi connectivity index (χ0n) is 16.8. The van der Waals surface area contributed by atoms with E-state index in [4.69, 9.17) is 0 Å². The predicted molar refractivity (Wildman–Crippen MR) is 111 cm³/mol. The minimum atomic E-state index is -0.240. The third-order valence-corrected chi connectivity index (χ3v) is 5.46. The lowest BCUT2D eigenvalue weighted by molar-refractivity contribution is -0.125. The van der Waals surface area contributed by atoms with Crippen LogP contribution in [-0.4, -0.2) is 53.8 Å². The van der Waals surface area contributed by atoms with Gasteiger partial charge in [0, 0.05) is 30.7 Å². The van der Waals surface area contributed by atoms with Gasteiger partial charge in [-0.05, 0) is 56.1 Å². The third kappa shape index (κ3) is 4.09. The molecule has 2 N–H and O–H groups in total. The monoisotopic (exact) mass is 369 g/mol. The summed E-state index contributed by atoms with van der Waals surface area (Å²) in [5, 5.41) is 13.7. The summed E-state index contributed by atoms with van der Waals surface area (Å²) in [4.78, 5) is 14.9. The van der Waals surface area contributed by atoms with Crippen LogP contribution in [0.2, 0.25) is 0 Å². The average molecular weight is 370 g/mol. The standard InChI is InChI=1S/C22H31N3O2/c1-5-18(14-26)23-22(27)17(12-24(2)3)11-15-9-10-16-13-25(4)20-8-6-7-19(15)21(16)20/h6-8,11,13,17-18,26H,5,9-10,12,14H2,1-4H3,(H,23,27)/b15-11+/t17-,18+/m1/s1. The molecule has 1 aliphatic carbocycles. The molecule has 0 saturated heterocycles. The molecule has 0 aliphatic heterocycles. The van der Waals surface area contributed by atoms with Crippen molar-refractivity contribution in [2.45, 2.75) is 32.2 Å². The number of nitrogens with zero attached hydrogens (tertiary/aromatic N) is 2. The van der Waals surface area contributed by atoms with E-state index in [0.29, 0.717) is 6.54 Å². The third-order valence-electron chi connectivity index (χ3n) is 5.46. The Balaban J connectivity index is 1.96. The molecule has 1 aliphatic rings. The van der Waals surface area contributed by atoms with Crippen molar-refractivity contribution in [3.8, 4) is 0 Å². The number of carbonyl (C=O) groups is 1. The van der Waals surface area contributed by atoms with Gasteiger partial charge in [0.15, 0.2) is 0 Å². The molecule has 5 heteroatoms. The molecule has 27 heavy (non-hydrogen) atoms. The molecule has 1 aromatic heterocycles. The van der Waals surface area contributed by atoms with E-state index in [-0.39, 0.29) is 24.5 Å². The van der Waals surface area contributed by atoms with Gasteiger partial charge in [0.1, 0.15) is 0 Å². The summed E-state index contributed by atoms with van der Waals surface area (Å²) in [6.07, 6.45) is 7.04. The van der Waals surface area contributed by atoms with Crippen molar-refractivity contribution < 1.29 is 9.90 Å². The van der Waals surface area contributed by atoms with E-state index in [2.05, 4.69) is 47.4 Å². The fourth-order valence-corrected chi connectivity index (χ4v) is 4.01. The minimum Gasteiger partial charge on any atom is -0.394 e. The van der Waals surface area contributed by atoms with Crippen LogP contribution in [0.4, 0.5) is 0 Å². The number of aliphatic hydroxyl groups excluding tert-OH is 1. The second-order valence-corrected chi connectivity index (χ2v) is 7.82. The fraction of sp³-hybridized carbons (Fsp3) is 0.500. The summed E-state index contributed by atoms with van der Waals surface area (Å²) in [5.41, 5.74) is 5.13. The van der Waals surface area contributed by atoms with Gasteiger partial charge in [-0.15, -0.1) is 0 Å². The number of hydrogen-bond donors (Lipinski definition) is 2. The molecule has 2 aromatic rings. The molecule has 1 heterocycles. The maximum absolute atomic E-state index is 12.9. The quantitative estimate of drug-likeness (QED) is 0.789. The van der Waals surface area contributed by atoms with Gasteiger partial charge in [0.05, 0.1) is 18.6 Å². The van der Waals surface area contributed by atoms with Crippen LogP contribution >= 0.6 is 0 Å². The highest BCUT2D eigenvalue weighted by atomic mass is 16.3. The van der Waals surface area contributed by atoms with E-state index in [1.165, 1.54) is 27.6 Å². The Bertz CT molecular complexity index is 847. The molecule has 0 saturated carbocycles. The number of benzene rings is 1. The maximum atomic E-state index is 12.9. The second-order valence-electron chi connectivity index (χ2n) is 7.82. The number of hydrogen-bond acceptors (Lipinski definition) is 3. The summed E-state index contributed by atoms with van der Waals surface area (Å²) in [7, 11) is 6.06. The van der Waals surface area contributed by atoms with Crippen LogP contribution in [0.1, 0.15) is 30.9 Å². The summed E-state index contributed by atoms with van der Waals surface area (Å²) in [6.45, 7) is 2.59. The number of aryl methyl sites for hydroxylation is 2. The smallest absolute Gasteiger partial charge is 0.228 e. The van der Waals surface area contributed by atoms with E-state index < -0.39 is 0 Å². The van der Waals surface area contributed by atoms with Gasteiger partial charge < -0.3 is 19.9 Å². The van der Waals surface area contributed by atoms with E-state index in [9.17, 15) is 9.90 Å². The zero-order valence-corrected chi connectivity index (χ0v) is 16.8. The van der Waals surface area contributed by atoms with Crippen molar-refractivity contribution in [3.63, 3.8) is 0 Å². The van der Waals surface area contributed by atoms with E-state index >= 15 is 0 Å². The first-order valence-corrected chi connectivity index (χ1v) is 9.78. The number of carbonyl (C=O) groups excluding carboxylic acids is 1. The lowest BCUT2D eigenvalue weighted by Crippen LogP contribution is -2.42. The molecule has 0 unspecified atom stereocenters. The number of aromatic nitrogens is 1. The van der Waals surface area contributed by atoms with Gasteiger partial charge in [-0.3, -0.25) is 4.79 Å². The first-order valence-electron chi connectivity index (χ1n) is 9.78. The highest BCUT2D eigenvalue weighted by Gasteiger charge is 2.24. The summed E-state index contributed by atoms with van der Waals surface area (Å²) >= 11 is 0. The van der Waals surface area contributed by atoms with Gasteiger partial charge in [-0.25, -0.2) is 0 Å². The van der Waals surface area contributed by atoms with Gasteiger partial charge in [-0.2, -0.15) is 0 Å². The van der Waals surface area contributed by atoms with Crippen LogP contribution in [0.15, 0.2) is 30.5 Å². The minimum absolute atomic E-state index is 0.0110. The average Bonchev–Trinajstić information content (AvgIpc) is 2.98. The first kappa shape index (κ1) is 19.6. The topological polar surface area (TPSA) is 57.5 Å². The van der Waals surface area contributed by atoms with Gasteiger partial charge >= 0.3 is 0 Å². The molecule has 2 atom stereocenters. The van der Waals surface area contributed by atoms with Crippen molar-refractivity contribution in [1.29, 1.82) is 0 Å². The highest BCUT2D eigenvalue weighted by molar-refractivity contribution is 5.98. The van der Waals surface area contributed by atoms with Gasteiger partial charge in [0.25, 0.3) is 0 Å². The SMILES string of the molecule is CC[C@@H](CO)NC(=O)[C@H](/C=C1\CCc2cn(C)c3cccc1c23)CN(C)C. The van der Waals surface area contributed by atoms with Crippen LogP contribution in [0, 0.1) is 5.92 Å². The molecule has 0 radical (unpaired) electrons. The van der Waals surface area contributed by atoms with Gasteiger partial charge in [-0.1, -0.05) is 25.1 Å². The normalized spacial score (nSPS) is 17.5. The molecular weight excluding hydrogens is 338 g/mol. The number of amides is 1. The number of nitrogens with one attached hydrogen (secondary N) is 1. The van der Waals surface area contributed by atoms with Crippen molar-refractivity contribution in [2.75, 3.05) is 27.2 Å². The number of allylic oxidation sites excluding steroid dienone is 1. The first-order chi connectivity index (χ1) is 12.9. The predicted octanol–water partition coefficient (Wildman–Crippen LogP) is 2.57. The Morgan fingerprint density at radius 2 is 2.15 bits per heavy atom. The Labute approximate surface area is 161 Å². The van der Waals surface area contributed by atoms with Crippen molar-refractivity contribution >= 4 is 22.4 Å². The molecular formula is C22H31N3O2. The second kappa shape index (κ2) is 8.28. The molecule has 146 valence electrons. The van der Waals surface area contributed by atoms with Crippen molar-refractivity contribution in [3.05, 3.63) is 41.6 Å². The molecule has 0 spiro atoms. The molecule has 1 amide bonds. The zero-order chi connectivity index (χ0) is 19.6. The Hall–Kier alpha value is -2.11. The fourth-order valence-electron chi connectivity index (χ4n) is 4.01. The highest BCUT2D eigenvalue weighted by Crippen LogP contribution is 2.37. The summed E-state index contributed by atoms with van der Waals surface area (Å²) in [6, 6.07) is 6.24. The Morgan fingerprint density at radius 3 is 2.81 bits per heavy atom. The van der Waals surface area contributed by atoms with Crippen molar-refractivity contribution in [1.82, 2.24) is 14.8 Å². The Kier molecular flexibility index (Phi) is 6.02. The van der Waals surface area contributed by atoms with Crippen molar-refractivity contribution in [2.24, 2.45) is 13.0 Å². The number of rotatable bonds is 7.